The molecule has 1 spiro atoms. The number of anilines is 1. The highest BCUT2D eigenvalue weighted by molar-refractivity contribution is 6.01. The lowest BCUT2D eigenvalue weighted by Crippen LogP contribution is -2.60. The number of methoxy groups -OCH3 is 1. The van der Waals surface area contributed by atoms with Gasteiger partial charge in [0.2, 0.25) is 17.4 Å². The number of carbonyl (C=O) groups excluding carboxylic acids is 4. The average Bonchev–Trinajstić information content (AvgIpc) is 3.75. The van der Waals surface area contributed by atoms with Crippen molar-refractivity contribution in [2.75, 3.05) is 38.7 Å². The van der Waals surface area contributed by atoms with Crippen LogP contribution in [0.25, 0.3) is 0 Å². The van der Waals surface area contributed by atoms with Gasteiger partial charge in [-0.05, 0) is 54.1 Å². The number of nitrogens with zero attached hydrogens (tertiary/aromatic N) is 4. The molecule has 13 nitrogen and oxygen atoms in total. The Balaban J connectivity index is 1.31. The van der Waals surface area contributed by atoms with Crippen molar-refractivity contribution < 1.29 is 37.8 Å². The molecule has 9 atom stereocenters. The van der Waals surface area contributed by atoms with E-state index in [1.54, 1.807) is 32.9 Å². The van der Waals surface area contributed by atoms with Crippen LogP contribution >= 0.6 is 0 Å². The number of likely N-dealkylation sites (tertiary alicyclic amines) is 2. The van der Waals surface area contributed by atoms with Crippen LogP contribution < -0.4 is 15.4 Å². The molecule has 0 radical (unpaired) electrons. The van der Waals surface area contributed by atoms with Crippen LogP contribution in [0.2, 0.25) is 0 Å². The Morgan fingerprint density at radius 1 is 1.27 bits per heavy atom. The number of hydrogen-bond donors (Lipinski definition) is 2. The molecule has 4 heterocycles. The number of pyridine rings is 1. The Hall–Kier alpha value is -3.99. The zero-order chi connectivity index (χ0) is 32.3. The lowest BCUT2D eigenvalue weighted by Gasteiger charge is -2.38. The fourth-order valence-electron chi connectivity index (χ4n) is 8.11. The Kier molecular flexibility index (Phi) is 7.87. The second-order valence-corrected chi connectivity index (χ2v) is 13.9. The summed E-state index contributed by atoms with van der Waals surface area (Å²) in [5, 5.41) is 15.6. The molecule has 0 unspecified atom stereocenters. The number of hydrogen-bond acceptors (Lipinski definition) is 9. The minimum absolute atomic E-state index is 0.00788. The molecular weight excluding hydrogens is 587 g/mol. The average molecular weight is 627 g/mol. The topological polar surface area (TPSA) is 163 Å². The first kappa shape index (κ1) is 31.0. The van der Waals surface area contributed by atoms with Crippen molar-refractivity contribution in [3.63, 3.8) is 0 Å². The zero-order valence-electron chi connectivity index (χ0n) is 25.8. The Bertz CT molecular complexity index is 1430. The van der Waals surface area contributed by atoms with E-state index in [-0.39, 0.29) is 50.4 Å². The van der Waals surface area contributed by atoms with Gasteiger partial charge in [0.25, 0.3) is 5.91 Å². The molecule has 4 amide bonds. The molecule has 2 saturated carbocycles. The number of ether oxygens (including phenoxy) is 3. The summed E-state index contributed by atoms with van der Waals surface area (Å²) >= 11 is 0. The minimum Gasteiger partial charge on any atom is -0.472 e. The number of alkyl carbamates (subject to hydrolysis) is 1. The molecule has 4 fully saturated rings. The van der Waals surface area contributed by atoms with Gasteiger partial charge in [-0.3, -0.25) is 14.4 Å². The summed E-state index contributed by atoms with van der Waals surface area (Å²) in [6, 6.07) is 2.29. The summed E-state index contributed by atoms with van der Waals surface area (Å²) in [5.41, 5.74) is -2.30. The predicted molar refractivity (Wildman–Crippen MR) is 155 cm³/mol. The van der Waals surface area contributed by atoms with Crippen LogP contribution in [0.4, 0.5) is 15.0 Å². The highest BCUT2D eigenvalue weighted by Gasteiger charge is 2.65. The van der Waals surface area contributed by atoms with E-state index in [0.717, 1.165) is 0 Å². The molecular formula is C31H39FN6O7. The molecule has 6 rings (SSSR count). The third-order valence-corrected chi connectivity index (χ3v) is 10.2. The third-order valence-electron chi connectivity index (χ3n) is 10.2. The number of amides is 4. The summed E-state index contributed by atoms with van der Waals surface area (Å²) in [7, 11) is 1.47. The number of halogens is 1. The van der Waals surface area contributed by atoms with Crippen LogP contribution in [0.15, 0.2) is 18.3 Å². The van der Waals surface area contributed by atoms with E-state index in [2.05, 4.69) is 21.7 Å². The molecule has 45 heavy (non-hydrogen) atoms. The van der Waals surface area contributed by atoms with Crippen LogP contribution in [0.1, 0.15) is 40.0 Å². The van der Waals surface area contributed by atoms with Gasteiger partial charge in [-0.15, -0.1) is 0 Å². The van der Waals surface area contributed by atoms with Crippen molar-refractivity contribution in [2.45, 2.75) is 69.9 Å². The smallest absolute Gasteiger partial charge is 0.407 e. The first-order valence-corrected chi connectivity index (χ1v) is 15.4. The van der Waals surface area contributed by atoms with Gasteiger partial charge in [0.1, 0.15) is 30.9 Å². The Labute approximate surface area is 260 Å². The fraction of sp³-hybridized carbons (Fsp3) is 0.677. The van der Waals surface area contributed by atoms with Gasteiger partial charge >= 0.3 is 6.09 Å². The van der Waals surface area contributed by atoms with E-state index in [0.29, 0.717) is 18.6 Å². The van der Waals surface area contributed by atoms with Crippen molar-refractivity contribution in [2.24, 2.45) is 29.1 Å². The largest absolute Gasteiger partial charge is 0.472 e. The molecule has 5 aliphatic rings. The van der Waals surface area contributed by atoms with E-state index >= 15 is 4.39 Å². The lowest BCUT2D eigenvalue weighted by atomic mass is 9.77. The van der Waals surface area contributed by atoms with Crippen LogP contribution in [-0.4, -0.2) is 102 Å². The molecule has 14 heteroatoms. The maximum absolute atomic E-state index is 15.2. The fourth-order valence-corrected chi connectivity index (χ4v) is 8.11. The van der Waals surface area contributed by atoms with E-state index in [4.69, 9.17) is 14.2 Å². The molecule has 0 aromatic carbocycles. The summed E-state index contributed by atoms with van der Waals surface area (Å²) in [6.07, 6.45) is 0.556. The van der Waals surface area contributed by atoms with Gasteiger partial charge in [-0.25, -0.2) is 14.2 Å². The SMILES string of the molecule is COCCOC(=O)N[C@H](C(=O)N1C[C@@H]2[C@H]3C[C@@H]([C@@H]2[C@H]1C(=O)N1C[C@@]2(C[C@H]1C#N)Oc1cccnc1NC2=O)[C@H](F)C3)C(C)(C)C. The highest BCUT2D eigenvalue weighted by atomic mass is 19.1. The van der Waals surface area contributed by atoms with Crippen LogP contribution in [0, 0.1) is 40.4 Å². The van der Waals surface area contributed by atoms with Crippen molar-refractivity contribution in [3.05, 3.63) is 18.3 Å². The normalized spacial score (nSPS) is 33.6. The number of carbonyl (C=O) groups is 4. The standard InChI is InChI=1S/C31H39FN6O7/c1-30(2,3)24(35-29(42)44-9-8-43-4)27(40)37-14-19-16-10-18(20(32)11-16)22(19)23(37)26(39)38-15-31(12-17(38)13-33)28(41)36-25-21(45-31)6-5-7-34-25/h5-7,16-20,22-24H,8-12,14-15H2,1-4H3,(H,35,42)(H,34,36,41)/t16-,17-,18+,19+,20+,22-,23-,24+,31+/m0/s1. The molecule has 2 N–H and O–H groups in total. The summed E-state index contributed by atoms with van der Waals surface area (Å²) in [6.45, 7) is 5.56. The quantitative estimate of drug-likeness (QED) is 0.449. The van der Waals surface area contributed by atoms with Crippen molar-refractivity contribution >= 4 is 29.6 Å². The number of alkyl halides is 1. The molecule has 242 valence electrons. The Morgan fingerprint density at radius 3 is 2.76 bits per heavy atom. The van der Waals surface area contributed by atoms with Crippen molar-refractivity contribution in [3.8, 4) is 11.8 Å². The molecule has 2 aliphatic carbocycles. The monoisotopic (exact) mass is 626 g/mol. The van der Waals surface area contributed by atoms with Gasteiger partial charge < -0.3 is 34.6 Å². The number of aromatic nitrogens is 1. The predicted octanol–water partition coefficient (Wildman–Crippen LogP) is 1.88. The third kappa shape index (κ3) is 5.24. The maximum Gasteiger partial charge on any atom is 0.407 e. The van der Waals surface area contributed by atoms with Gasteiger partial charge in [0.05, 0.1) is 19.2 Å². The number of rotatable bonds is 6. The van der Waals surface area contributed by atoms with Crippen molar-refractivity contribution in [1.82, 2.24) is 20.1 Å². The number of nitrogens with one attached hydrogen (secondary N) is 2. The molecule has 1 aromatic heterocycles. The highest BCUT2D eigenvalue weighted by Crippen LogP contribution is 2.59. The zero-order valence-corrected chi connectivity index (χ0v) is 25.8. The van der Waals surface area contributed by atoms with Crippen LogP contribution in [0.3, 0.4) is 0 Å². The Morgan fingerprint density at radius 2 is 2.04 bits per heavy atom. The lowest BCUT2D eigenvalue weighted by molar-refractivity contribution is -0.149. The van der Waals surface area contributed by atoms with E-state index < -0.39 is 71.0 Å². The van der Waals surface area contributed by atoms with Gasteiger partial charge in [-0.2, -0.15) is 5.26 Å². The van der Waals surface area contributed by atoms with Crippen LogP contribution in [-0.2, 0) is 23.9 Å². The molecule has 1 aromatic rings. The first-order valence-electron chi connectivity index (χ1n) is 15.4. The number of nitriles is 1. The minimum atomic E-state index is -1.53. The van der Waals surface area contributed by atoms with Gasteiger partial charge in [0, 0.05) is 26.3 Å². The summed E-state index contributed by atoms with van der Waals surface area (Å²) in [5.74, 6) is -1.89. The molecule has 3 aliphatic heterocycles. The first-order chi connectivity index (χ1) is 21.4. The van der Waals surface area contributed by atoms with Gasteiger partial charge in [-0.1, -0.05) is 20.8 Å². The van der Waals surface area contributed by atoms with E-state index in [1.165, 1.54) is 23.1 Å². The van der Waals surface area contributed by atoms with E-state index in [9.17, 15) is 24.4 Å². The van der Waals surface area contributed by atoms with Crippen molar-refractivity contribution in [1.29, 1.82) is 5.26 Å². The van der Waals surface area contributed by atoms with Crippen LogP contribution in [0.5, 0.6) is 5.75 Å². The van der Waals surface area contributed by atoms with Gasteiger partial charge in [0.15, 0.2) is 11.6 Å². The second-order valence-electron chi connectivity index (χ2n) is 13.9. The summed E-state index contributed by atoms with van der Waals surface area (Å²) < 4.78 is 31.5. The van der Waals surface area contributed by atoms with E-state index in [1.807, 2.05) is 0 Å². The second kappa shape index (κ2) is 11.4. The maximum atomic E-state index is 15.2. The summed E-state index contributed by atoms with van der Waals surface area (Å²) in [4.78, 5) is 61.9. The molecule has 2 bridgehead atoms. The molecule has 2 saturated heterocycles. The number of fused-ring (bicyclic) bond motifs is 6.